The van der Waals surface area contributed by atoms with Gasteiger partial charge in [-0.05, 0) is 39.0 Å². The predicted molar refractivity (Wildman–Crippen MR) is 82.9 cm³/mol. The molecular weight excluding hydrogens is 336 g/mol. The second-order valence-corrected chi connectivity index (χ2v) is 6.60. The van der Waals surface area contributed by atoms with Gasteiger partial charge in [0.05, 0.1) is 13.7 Å². The van der Waals surface area contributed by atoms with Crippen LogP contribution in [0.2, 0.25) is 0 Å². The molecule has 114 valence electrons. The van der Waals surface area contributed by atoms with Crippen molar-refractivity contribution in [1.29, 1.82) is 0 Å². The van der Waals surface area contributed by atoms with E-state index in [9.17, 15) is 9.59 Å². The molecule has 1 heterocycles. The molecule has 2 amide bonds. The molecule has 0 radical (unpaired) electrons. The average molecular weight is 355 g/mol. The molecule has 6 heteroatoms. The maximum Gasteiger partial charge on any atom is 0.248 e. The maximum atomic E-state index is 12.6. The summed E-state index contributed by atoms with van der Waals surface area (Å²) in [6.07, 6.45) is 0. The van der Waals surface area contributed by atoms with Crippen molar-refractivity contribution in [1.82, 2.24) is 10.2 Å². The molecule has 21 heavy (non-hydrogen) atoms. The molecular formula is C15H19BrN2O3. The number of hydrogen-bond acceptors (Lipinski definition) is 3. The Labute approximate surface area is 132 Å². The topological polar surface area (TPSA) is 58.6 Å². The van der Waals surface area contributed by atoms with Crippen molar-refractivity contribution in [2.75, 3.05) is 7.11 Å². The van der Waals surface area contributed by atoms with Crippen LogP contribution in [0.15, 0.2) is 22.7 Å². The van der Waals surface area contributed by atoms with Crippen molar-refractivity contribution in [3.63, 3.8) is 0 Å². The number of nitrogens with one attached hydrogen (secondary N) is 1. The van der Waals surface area contributed by atoms with Gasteiger partial charge in [-0.25, -0.2) is 0 Å². The first-order valence-corrected chi connectivity index (χ1v) is 7.51. The fraction of sp³-hybridized carbons (Fsp3) is 0.467. The minimum Gasteiger partial charge on any atom is -0.496 e. The maximum absolute atomic E-state index is 12.6. The summed E-state index contributed by atoms with van der Waals surface area (Å²) < 4.78 is 6.23. The van der Waals surface area contributed by atoms with Crippen molar-refractivity contribution in [3.8, 4) is 5.75 Å². The van der Waals surface area contributed by atoms with Crippen LogP contribution >= 0.6 is 15.9 Å². The number of piperazine rings is 1. The van der Waals surface area contributed by atoms with E-state index in [1.54, 1.807) is 32.8 Å². The monoisotopic (exact) mass is 354 g/mol. The highest BCUT2D eigenvalue weighted by molar-refractivity contribution is 9.10. The number of halogens is 1. The predicted octanol–water partition coefficient (Wildman–Crippen LogP) is 2.08. The second-order valence-electron chi connectivity index (χ2n) is 5.68. The number of hydrogen-bond donors (Lipinski definition) is 1. The van der Waals surface area contributed by atoms with Gasteiger partial charge in [-0.15, -0.1) is 0 Å². The number of methoxy groups -OCH3 is 1. The van der Waals surface area contributed by atoms with Crippen LogP contribution in [-0.2, 0) is 16.1 Å². The Morgan fingerprint density at radius 3 is 2.67 bits per heavy atom. The lowest BCUT2D eigenvalue weighted by Crippen LogP contribution is -2.66. The minimum atomic E-state index is -0.886. The van der Waals surface area contributed by atoms with Crippen LogP contribution in [0.25, 0.3) is 0 Å². The van der Waals surface area contributed by atoms with Gasteiger partial charge >= 0.3 is 0 Å². The highest BCUT2D eigenvalue weighted by atomic mass is 79.9. The van der Waals surface area contributed by atoms with Crippen LogP contribution in [0, 0.1) is 0 Å². The van der Waals surface area contributed by atoms with Gasteiger partial charge in [0.25, 0.3) is 0 Å². The molecule has 0 saturated carbocycles. The van der Waals surface area contributed by atoms with Crippen molar-refractivity contribution >= 4 is 27.7 Å². The molecule has 1 aromatic carbocycles. The third-order valence-electron chi connectivity index (χ3n) is 3.66. The lowest BCUT2D eigenvalue weighted by molar-refractivity contribution is -0.153. The normalized spacial score (nSPS) is 21.2. The van der Waals surface area contributed by atoms with E-state index in [-0.39, 0.29) is 11.8 Å². The standard InChI is InChI=1S/C15H19BrN2O3/c1-9-13(19)17-15(2,3)14(20)18(9)8-10-7-11(16)5-6-12(10)21-4/h5-7,9H,8H2,1-4H3,(H,17,19). The van der Waals surface area contributed by atoms with Crippen LogP contribution in [0.4, 0.5) is 0 Å². The zero-order valence-electron chi connectivity index (χ0n) is 12.6. The first kappa shape index (κ1) is 15.8. The third-order valence-corrected chi connectivity index (χ3v) is 4.15. The summed E-state index contributed by atoms with van der Waals surface area (Å²) in [6.45, 7) is 5.49. The lowest BCUT2D eigenvalue weighted by atomic mass is 9.96. The van der Waals surface area contributed by atoms with Gasteiger partial charge < -0.3 is 15.0 Å². The van der Waals surface area contributed by atoms with E-state index in [0.717, 1.165) is 10.0 Å². The summed E-state index contributed by atoms with van der Waals surface area (Å²) in [4.78, 5) is 26.2. The van der Waals surface area contributed by atoms with Crippen LogP contribution in [-0.4, -0.2) is 35.4 Å². The molecule has 0 bridgehead atoms. The zero-order valence-corrected chi connectivity index (χ0v) is 14.2. The Morgan fingerprint density at radius 2 is 2.05 bits per heavy atom. The van der Waals surface area contributed by atoms with Crippen molar-refractivity contribution in [2.24, 2.45) is 0 Å². The van der Waals surface area contributed by atoms with E-state index < -0.39 is 11.6 Å². The largest absolute Gasteiger partial charge is 0.496 e. The van der Waals surface area contributed by atoms with E-state index in [4.69, 9.17) is 4.74 Å². The molecule has 0 aromatic heterocycles. The zero-order chi connectivity index (χ0) is 15.8. The van der Waals surface area contributed by atoms with Crippen LogP contribution in [0.1, 0.15) is 26.3 Å². The van der Waals surface area contributed by atoms with Crippen molar-refractivity contribution in [3.05, 3.63) is 28.2 Å². The van der Waals surface area contributed by atoms with Crippen LogP contribution < -0.4 is 10.1 Å². The molecule has 1 aliphatic heterocycles. The number of carbonyl (C=O) groups excluding carboxylic acids is 2. The van der Waals surface area contributed by atoms with Gasteiger partial charge in [-0.2, -0.15) is 0 Å². The molecule has 0 aliphatic carbocycles. The summed E-state index contributed by atoms with van der Waals surface area (Å²) in [7, 11) is 1.59. The van der Waals surface area contributed by atoms with Crippen LogP contribution in [0.5, 0.6) is 5.75 Å². The number of rotatable bonds is 3. The Morgan fingerprint density at radius 1 is 1.38 bits per heavy atom. The number of benzene rings is 1. The molecule has 1 aliphatic rings. The van der Waals surface area contributed by atoms with E-state index in [2.05, 4.69) is 21.2 Å². The highest BCUT2D eigenvalue weighted by Gasteiger charge is 2.43. The Hall–Kier alpha value is -1.56. The number of carbonyl (C=O) groups is 2. The van der Waals surface area contributed by atoms with Gasteiger partial charge in [0.2, 0.25) is 11.8 Å². The Bertz CT molecular complexity index is 586. The fourth-order valence-corrected chi connectivity index (χ4v) is 2.81. The Kier molecular flexibility index (Phi) is 4.27. The quantitative estimate of drug-likeness (QED) is 0.903. The average Bonchev–Trinajstić information content (AvgIpc) is 2.41. The summed E-state index contributed by atoms with van der Waals surface area (Å²) in [6, 6.07) is 5.11. The summed E-state index contributed by atoms with van der Waals surface area (Å²) in [5, 5.41) is 2.74. The van der Waals surface area contributed by atoms with Crippen molar-refractivity contribution < 1.29 is 14.3 Å². The number of ether oxygens (including phenoxy) is 1. The summed E-state index contributed by atoms with van der Waals surface area (Å²) in [5.41, 5.74) is -0.0272. The highest BCUT2D eigenvalue weighted by Crippen LogP contribution is 2.27. The molecule has 1 unspecified atom stereocenters. The Balaban J connectivity index is 2.34. The molecule has 1 aromatic rings. The number of amides is 2. The van der Waals surface area contributed by atoms with E-state index in [0.29, 0.717) is 12.3 Å². The fourth-order valence-electron chi connectivity index (χ4n) is 2.41. The van der Waals surface area contributed by atoms with Gasteiger partial charge in [0.1, 0.15) is 17.3 Å². The summed E-state index contributed by atoms with van der Waals surface area (Å²) in [5.74, 6) is 0.451. The molecule has 0 spiro atoms. The first-order valence-electron chi connectivity index (χ1n) is 6.72. The smallest absolute Gasteiger partial charge is 0.248 e. The summed E-state index contributed by atoms with van der Waals surface area (Å²) >= 11 is 3.42. The molecule has 1 saturated heterocycles. The second kappa shape index (κ2) is 5.67. The number of nitrogens with zero attached hydrogens (tertiary/aromatic N) is 1. The van der Waals surface area contributed by atoms with E-state index in [1.165, 1.54) is 0 Å². The van der Waals surface area contributed by atoms with E-state index >= 15 is 0 Å². The molecule has 1 fully saturated rings. The van der Waals surface area contributed by atoms with Crippen LogP contribution in [0.3, 0.4) is 0 Å². The lowest BCUT2D eigenvalue weighted by Gasteiger charge is -2.41. The minimum absolute atomic E-state index is 0.100. The third kappa shape index (κ3) is 3.05. The van der Waals surface area contributed by atoms with Gasteiger partial charge in [-0.1, -0.05) is 15.9 Å². The van der Waals surface area contributed by atoms with Gasteiger partial charge in [0, 0.05) is 10.0 Å². The van der Waals surface area contributed by atoms with Gasteiger partial charge in [-0.3, -0.25) is 9.59 Å². The van der Waals surface area contributed by atoms with E-state index in [1.807, 2.05) is 18.2 Å². The molecule has 1 N–H and O–H groups in total. The SMILES string of the molecule is COc1ccc(Br)cc1CN1C(=O)C(C)(C)NC(=O)C1C. The first-order chi connectivity index (χ1) is 9.76. The molecule has 2 rings (SSSR count). The van der Waals surface area contributed by atoms with Gasteiger partial charge in [0.15, 0.2) is 0 Å². The van der Waals surface area contributed by atoms with Crippen molar-refractivity contribution in [2.45, 2.75) is 38.9 Å². The molecule has 5 nitrogen and oxygen atoms in total. The molecule has 1 atom stereocenters.